The molecule has 2 aromatic heterocycles. The Hall–Kier alpha value is -1.82. The molecule has 0 aliphatic heterocycles. The van der Waals surface area contributed by atoms with E-state index in [0.717, 1.165) is 22.5 Å². The fourth-order valence-electron chi connectivity index (χ4n) is 1.35. The summed E-state index contributed by atoms with van der Waals surface area (Å²) < 4.78 is 5.04. The summed E-state index contributed by atoms with van der Waals surface area (Å²) in [6, 6.07) is 3.85. The standard InChI is InChI=1S/C11H10N2O3S/c1-6-3-7(2)12-9(4-6)17-11-13-8(5-16-11)10(14)15/h3-5H,1-2H3,(H,14,15). The second-order valence-electron chi connectivity index (χ2n) is 3.53. The molecule has 17 heavy (non-hydrogen) atoms. The molecule has 0 aliphatic carbocycles. The van der Waals surface area contributed by atoms with Gasteiger partial charge in [0.25, 0.3) is 5.22 Å². The van der Waals surface area contributed by atoms with Crippen molar-refractivity contribution in [2.75, 3.05) is 0 Å². The van der Waals surface area contributed by atoms with Crippen LogP contribution in [0.25, 0.3) is 0 Å². The third-order valence-electron chi connectivity index (χ3n) is 1.97. The number of carboxylic acid groups (broad SMARTS) is 1. The predicted molar refractivity (Wildman–Crippen MR) is 61.3 cm³/mol. The Balaban J connectivity index is 2.22. The molecule has 2 aromatic rings. The molecule has 0 saturated carbocycles. The van der Waals surface area contributed by atoms with Crippen molar-refractivity contribution in [1.82, 2.24) is 9.97 Å². The second-order valence-corrected chi connectivity index (χ2v) is 4.50. The highest BCUT2D eigenvalue weighted by Crippen LogP contribution is 2.26. The van der Waals surface area contributed by atoms with Gasteiger partial charge in [-0.3, -0.25) is 0 Å². The molecule has 0 saturated heterocycles. The molecule has 88 valence electrons. The molecule has 0 fully saturated rings. The van der Waals surface area contributed by atoms with Crippen molar-refractivity contribution in [3.8, 4) is 0 Å². The lowest BCUT2D eigenvalue weighted by Gasteiger charge is -2.00. The average Bonchev–Trinajstić information content (AvgIpc) is 2.64. The molecule has 2 rings (SSSR count). The Kier molecular flexibility index (Phi) is 3.14. The van der Waals surface area contributed by atoms with Crippen LogP contribution in [0.3, 0.4) is 0 Å². The summed E-state index contributed by atoms with van der Waals surface area (Å²) in [6.45, 7) is 3.87. The van der Waals surface area contributed by atoms with Crippen molar-refractivity contribution in [2.45, 2.75) is 24.1 Å². The maximum atomic E-state index is 10.6. The molecule has 0 aromatic carbocycles. The van der Waals surface area contributed by atoms with Crippen LogP contribution in [-0.2, 0) is 0 Å². The summed E-state index contributed by atoms with van der Waals surface area (Å²) >= 11 is 1.20. The van der Waals surface area contributed by atoms with Gasteiger partial charge in [-0.2, -0.15) is 4.98 Å². The number of carbonyl (C=O) groups is 1. The van der Waals surface area contributed by atoms with Crippen molar-refractivity contribution in [2.24, 2.45) is 0 Å². The lowest BCUT2D eigenvalue weighted by Crippen LogP contribution is -1.95. The van der Waals surface area contributed by atoms with Crippen LogP contribution in [-0.4, -0.2) is 21.0 Å². The van der Waals surface area contributed by atoms with Crippen LogP contribution < -0.4 is 0 Å². The molecule has 5 nitrogen and oxygen atoms in total. The number of carboxylic acids is 1. The quantitative estimate of drug-likeness (QED) is 0.902. The number of hydrogen-bond donors (Lipinski definition) is 1. The highest BCUT2D eigenvalue weighted by molar-refractivity contribution is 7.99. The van der Waals surface area contributed by atoms with Gasteiger partial charge >= 0.3 is 5.97 Å². The Morgan fingerprint density at radius 1 is 1.35 bits per heavy atom. The van der Waals surface area contributed by atoms with Crippen LogP contribution in [0.2, 0.25) is 0 Å². The molecule has 1 N–H and O–H groups in total. The fourth-order valence-corrected chi connectivity index (χ4v) is 2.20. The lowest BCUT2D eigenvalue weighted by molar-refractivity contribution is 0.0690. The summed E-state index contributed by atoms with van der Waals surface area (Å²) in [5.74, 6) is -1.10. The van der Waals surface area contributed by atoms with E-state index in [4.69, 9.17) is 9.52 Å². The lowest BCUT2D eigenvalue weighted by atomic mass is 10.3. The number of hydrogen-bond acceptors (Lipinski definition) is 5. The molecule has 0 spiro atoms. The molecule has 6 heteroatoms. The number of oxazole rings is 1. The topological polar surface area (TPSA) is 76.2 Å². The maximum absolute atomic E-state index is 10.6. The molecule has 0 unspecified atom stereocenters. The Bertz CT molecular complexity index is 545. The van der Waals surface area contributed by atoms with Crippen LogP contribution >= 0.6 is 11.8 Å². The van der Waals surface area contributed by atoms with Crippen LogP contribution in [0.15, 0.2) is 33.1 Å². The van der Waals surface area contributed by atoms with Crippen molar-refractivity contribution in [3.05, 3.63) is 35.3 Å². The Morgan fingerprint density at radius 2 is 2.12 bits per heavy atom. The third kappa shape index (κ3) is 2.85. The number of aromatic carboxylic acids is 1. The van der Waals surface area contributed by atoms with E-state index in [1.807, 2.05) is 26.0 Å². The van der Waals surface area contributed by atoms with Crippen LogP contribution in [0.4, 0.5) is 0 Å². The predicted octanol–water partition coefficient (Wildman–Crippen LogP) is 2.54. The zero-order valence-electron chi connectivity index (χ0n) is 9.30. The zero-order chi connectivity index (χ0) is 12.4. The molecular formula is C11H10N2O3S. The molecule has 0 atom stereocenters. The summed E-state index contributed by atoms with van der Waals surface area (Å²) in [5, 5.41) is 9.72. The van der Waals surface area contributed by atoms with Crippen LogP contribution in [0.1, 0.15) is 21.7 Å². The van der Waals surface area contributed by atoms with E-state index in [-0.39, 0.29) is 10.9 Å². The van der Waals surface area contributed by atoms with Gasteiger partial charge in [0.15, 0.2) is 5.69 Å². The summed E-state index contributed by atoms with van der Waals surface area (Å²) in [4.78, 5) is 18.7. The number of rotatable bonds is 3. The highest BCUT2D eigenvalue weighted by Gasteiger charge is 2.12. The highest BCUT2D eigenvalue weighted by atomic mass is 32.2. The number of nitrogens with zero attached hydrogens (tertiary/aromatic N) is 2. The number of aryl methyl sites for hydroxylation is 2. The Labute approximate surface area is 102 Å². The first kappa shape index (κ1) is 11.7. The average molecular weight is 250 g/mol. The largest absolute Gasteiger partial charge is 0.476 e. The number of aromatic nitrogens is 2. The van der Waals surface area contributed by atoms with Crippen LogP contribution in [0.5, 0.6) is 0 Å². The van der Waals surface area contributed by atoms with Gasteiger partial charge in [-0.25, -0.2) is 9.78 Å². The maximum Gasteiger partial charge on any atom is 0.357 e. The fraction of sp³-hybridized carbons (Fsp3) is 0.182. The van der Waals surface area contributed by atoms with Crippen molar-refractivity contribution in [1.29, 1.82) is 0 Å². The smallest absolute Gasteiger partial charge is 0.357 e. The first-order valence-corrected chi connectivity index (χ1v) is 5.68. The molecule has 2 heterocycles. The van der Waals surface area contributed by atoms with E-state index in [1.54, 1.807) is 0 Å². The van der Waals surface area contributed by atoms with E-state index in [2.05, 4.69) is 9.97 Å². The van der Waals surface area contributed by atoms with Gasteiger partial charge in [0.2, 0.25) is 0 Å². The monoisotopic (exact) mass is 250 g/mol. The minimum absolute atomic E-state index is 0.100. The van der Waals surface area contributed by atoms with E-state index in [0.29, 0.717) is 0 Å². The summed E-state index contributed by atoms with van der Waals surface area (Å²) in [6.07, 6.45) is 1.12. The normalized spacial score (nSPS) is 10.5. The first-order chi connectivity index (χ1) is 8.04. The molecule has 0 radical (unpaired) electrons. The number of pyridine rings is 1. The molecule has 0 bridgehead atoms. The van der Waals surface area contributed by atoms with Crippen molar-refractivity contribution < 1.29 is 14.3 Å². The summed E-state index contributed by atoms with van der Waals surface area (Å²) in [5.41, 5.74) is 1.89. The van der Waals surface area contributed by atoms with Gasteiger partial charge in [-0.15, -0.1) is 0 Å². The van der Waals surface area contributed by atoms with Crippen molar-refractivity contribution >= 4 is 17.7 Å². The first-order valence-electron chi connectivity index (χ1n) is 4.86. The third-order valence-corrected chi connectivity index (χ3v) is 2.75. The van der Waals surface area contributed by atoms with E-state index < -0.39 is 5.97 Å². The summed E-state index contributed by atoms with van der Waals surface area (Å²) in [7, 11) is 0. The van der Waals surface area contributed by atoms with E-state index >= 15 is 0 Å². The van der Waals surface area contributed by atoms with Crippen LogP contribution in [0, 0.1) is 13.8 Å². The van der Waals surface area contributed by atoms with Gasteiger partial charge in [-0.1, -0.05) is 0 Å². The van der Waals surface area contributed by atoms with Crippen molar-refractivity contribution in [3.63, 3.8) is 0 Å². The van der Waals surface area contributed by atoms with E-state index in [1.165, 1.54) is 11.8 Å². The minimum Gasteiger partial charge on any atom is -0.476 e. The van der Waals surface area contributed by atoms with Gasteiger partial charge in [0.1, 0.15) is 11.3 Å². The molecule has 0 amide bonds. The molecular weight excluding hydrogens is 240 g/mol. The van der Waals surface area contributed by atoms with Gasteiger partial charge < -0.3 is 9.52 Å². The van der Waals surface area contributed by atoms with Gasteiger partial charge in [0, 0.05) is 5.69 Å². The SMILES string of the molecule is Cc1cc(C)nc(Sc2nc(C(=O)O)co2)c1. The molecule has 0 aliphatic rings. The zero-order valence-corrected chi connectivity index (χ0v) is 10.1. The minimum atomic E-state index is -1.10. The van der Waals surface area contributed by atoms with E-state index in [9.17, 15) is 4.79 Å². The Morgan fingerprint density at radius 3 is 2.71 bits per heavy atom. The van der Waals surface area contributed by atoms with Gasteiger partial charge in [0.05, 0.1) is 0 Å². The van der Waals surface area contributed by atoms with Gasteiger partial charge in [-0.05, 0) is 43.3 Å². The second kappa shape index (κ2) is 4.58.